The summed E-state index contributed by atoms with van der Waals surface area (Å²) < 4.78 is 21.2. The number of benzene rings is 2. The van der Waals surface area contributed by atoms with E-state index in [0.717, 1.165) is 11.3 Å². The number of imidazole rings is 1. The summed E-state index contributed by atoms with van der Waals surface area (Å²) >= 11 is 0. The number of hydrogen-bond acceptors (Lipinski definition) is 5. The van der Waals surface area contributed by atoms with E-state index in [2.05, 4.69) is 16.9 Å². The number of para-hydroxylation sites is 4. The third-order valence-electron chi connectivity index (χ3n) is 5.31. The summed E-state index contributed by atoms with van der Waals surface area (Å²) in [6.45, 7) is 24.3. The second kappa shape index (κ2) is 26.5. The van der Waals surface area contributed by atoms with E-state index < -0.39 is 0 Å². The van der Waals surface area contributed by atoms with Crippen LogP contribution in [0.15, 0.2) is 97.3 Å². The van der Waals surface area contributed by atoms with E-state index >= 15 is 0 Å². The van der Waals surface area contributed by atoms with Gasteiger partial charge in [0.15, 0.2) is 17.2 Å². The fraction of sp³-hybridized carbons (Fsp3) is 0.389. The van der Waals surface area contributed by atoms with E-state index in [4.69, 9.17) is 4.74 Å². The standard InChI is InChI=1S/C28H31FN4O3.4C2H6/c1-4-10-22(15-21(3)29)19-32-20-31-17-23(32)16-30-18-28(35)33(5-2)24-11-6-8-13-26(24)36-27-14-9-7-12-25(27)34;4*1-2/h4,6-15,17,20,30,34H,1,5,16,18-19H2,2-3H3;4*1-2H3/b21-15+,22-10+;;;;. The number of likely N-dealkylation sites (N-methyl/N-ethyl adjacent to an activating group) is 1. The SMILES string of the molecule is C=C/C=C(\C=C(/C)F)Cn1cncc1CNCC(=O)N(CC)c1ccccc1Oc1ccccc1O.CC.CC.CC.CC. The summed E-state index contributed by atoms with van der Waals surface area (Å²) in [6.07, 6.45) is 8.19. The van der Waals surface area contributed by atoms with Gasteiger partial charge in [0, 0.05) is 25.8 Å². The molecule has 0 saturated heterocycles. The molecule has 8 heteroatoms. The summed E-state index contributed by atoms with van der Waals surface area (Å²) in [4.78, 5) is 18.9. The maximum absolute atomic E-state index is 13.4. The van der Waals surface area contributed by atoms with Crippen LogP contribution in [0.5, 0.6) is 17.2 Å². The number of hydrogen-bond donors (Lipinski definition) is 2. The summed E-state index contributed by atoms with van der Waals surface area (Å²) in [5.41, 5.74) is 2.21. The van der Waals surface area contributed by atoms with Crippen LogP contribution in [0, 0.1) is 0 Å². The van der Waals surface area contributed by atoms with Crippen molar-refractivity contribution in [3.05, 3.63) is 103 Å². The molecular weight excluding hydrogens is 555 g/mol. The third kappa shape index (κ3) is 14.8. The molecule has 0 atom stereocenters. The molecule has 1 heterocycles. The predicted molar refractivity (Wildman–Crippen MR) is 185 cm³/mol. The Morgan fingerprint density at radius 2 is 1.61 bits per heavy atom. The molecule has 44 heavy (non-hydrogen) atoms. The second-order valence-electron chi connectivity index (χ2n) is 8.00. The van der Waals surface area contributed by atoms with Crippen LogP contribution in [0.1, 0.15) is 74.9 Å². The van der Waals surface area contributed by atoms with E-state index in [-0.39, 0.29) is 24.0 Å². The summed E-state index contributed by atoms with van der Waals surface area (Å²) in [7, 11) is 0. The lowest BCUT2D eigenvalue weighted by Crippen LogP contribution is -2.38. The van der Waals surface area contributed by atoms with Crippen LogP contribution in [0.25, 0.3) is 0 Å². The number of anilines is 1. The van der Waals surface area contributed by atoms with Crippen molar-refractivity contribution in [3.8, 4) is 17.2 Å². The fourth-order valence-corrected chi connectivity index (χ4v) is 3.69. The van der Waals surface area contributed by atoms with Gasteiger partial charge in [-0.3, -0.25) is 4.79 Å². The number of aromatic nitrogens is 2. The zero-order valence-corrected chi connectivity index (χ0v) is 28.5. The Kier molecular flexibility index (Phi) is 25.2. The topological polar surface area (TPSA) is 79.6 Å². The lowest BCUT2D eigenvalue weighted by molar-refractivity contribution is -0.117. The zero-order valence-electron chi connectivity index (χ0n) is 28.5. The van der Waals surface area contributed by atoms with Gasteiger partial charge in [-0.1, -0.05) is 98.4 Å². The first-order chi connectivity index (χ1) is 21.4. The van der Waals surface area contributed by atoms with Gasteiger partial charge in [-0.05, 0) is 49.8 Å². The highest BCUT2D eigenvalue weighted by Gasteiger charge is 2.19. The fourth-order valence-electron chi connectivity index (χ4n) is 3.69. The molecule has 3 aromatic rings. The van der Waals surface area contributed by atoms with Gasteiger partial charge in [0.1, 0.15) is 0 Å². The predicted octanol–water partition coefficient (Wildman–Crippen LogP) is 9.61. The van der Waals surface area contributed by atoms with Gasteiger partial charge in [0.25, 0.3) is 0 Å². The Bertz CT molecular complexity index is 1250. The minimum absolute atomic E-state index is 0.0169. The molecule has 0 aliphatic heterocycles. The maximum Gasteiger partial charge on any atom is 0.241 e. The van der Waals surface area contributed by atoms with E-state index in [1.165, 1.54) is 13.0 Å². The van der Waals surface area contributed by atoms with Crippen molar-refractivity contribution in [2.24, 2.45) is 0 Å². The second-order valence-corrected chi connectivity index (χ2v) is 8.00. The third-order valence-corrected chi connectivity index (χ3v) is 5.31. The molecule has 1 amide bonds. The highest BCUT2D eigenvalue weighted by Crippen LogP contribution is 2.36. The van der Waals surface area contributed by atoms with Gasteiger partial charge < -0.3 is 24.6 Å². The van der Waals surface area contributed by atoms with Crippen molar-refractivity contribution in [2.45, 2.75) is 82.3 Å². The molecule has 0 unspecified atom stereocenters. The average Bonchev–Trinajstić information content (AvgIpc) is 3.49. The van der Waals surface area contributed by atoms with Crippen LogP contribution in [0.4, 0.5) is 10.1 Å². The molecule has 7 nitrogen and oxygen atoms in total. The van der Waals surface area contributed by atoms with E-state index in [1.807, 2.05) is 79.0 Å². The van der Waals surface area contributed by atoms with E-state index in [1.54, 1.807) is 66.0 Å². The van der Waals surface area contributed by atoms with Crippen molar-refractivity contribution < 1.29 is 19.0 Å². The van der Waals surface area contributed by atoms with Gasteiger partial charge in [-0.25, -0.2) is 9.37 Å². The molecule has 0 spiro atoms. The molecule has 0 aliphatic carbocycles. The van der Waals surface area contributed by atoms with Crippen molar-refractivity contribution in [1.29, 1.82) is 0 Å². The monoisotopic (exact) mass is 610 g/mol. The average molecular weight is 611 g/mol. The quantitative estimate of drug-likeness (QED) is 0.200. The van der Waals surface area contributed by atoms with Crippen LogP contribution in [-0.4, -0.2) is 33.7 Å². The number of aromatic hydroxyl groups is 1. The number of nitrogens with one attached hydrogen (secondary N) is 1. The highest BCUT2D eigenvalue weighted by molar-refractivity contribution is 5.96. The number of carbonyl (C=O) groups excluding carboxylic acids is 1. The Morgan fingerprint density at radius 1 is 1.02 bits per heavy atom. The van der Waals surface area contributed by atoms with Crippen LogP contribution >= 0.6 is 0 Å². The minimum atomic E-state index is -0.292. The first-order valence-electron chi connectivity index (χ1n) is 15.6. The van der Waals surface area contributed by atoms with Crippen molar-refractivity contribution in [2.75, 3.05) is 18.0 Å². The normalized spacial score (nSPS) is 10.2. The van der Waals surface area contributed by atoms with Gasteiger partial charge in [0.05, 0.1) is 30.1 Å². The Hall–Kier alpha value is -4.17. The molecule has 0 fully saturated rings. The van der Waals surface area contributed by atoms with Crippen LogP contribution in [0.2, 0.25) is 0 Å². The molecule has 244 valence electrons. The molecule has 1 aromatic heterocycles. The number of nitrogens with zero attached hydrogens (tertiary/aromatic N) is 3. The molecule has 0 radical (unpaired) electrons. The first-order valence-corrected chi connectivity index (χ1v) is 15.6. The van der Waals surface area contributed by atoms with Crippen molar-refractivity contribution in [3.63, 3.8) is 0 Å². The lowest BCUT2D eigenvalue weighted by atomic mass is 10.2. The van der Waals surface area contributed by atoms with Gasteiger partial charge >= 0.3 is 0 Å². The van der Waals surface area contributed by atoms with E-state index in [9.17, 15) is 14.3 Å². The zero-order chi connectivity index (χ0) is 33.9. The number of carbonyl (C=O) groups is 1. The van der Waals surface area contributed by atoms with Crippen LogP contribution in [0.3, 0.4) is 0 Å². The number of halogens is 1. The number of ether oxygens (including phenoxy) is 1. The van der Waals surface area contributed by atoms with Gasteiger partial charge in [-0.15, -0.1) is 0 Å². The highest BCUT2D eigenvalue weighted by atomic mass is 19.1. The van der Waals surface area contributed by atoms with Gasteiger partial charge in [0.2, 0.25) is 5.91 Å². The molecule has 0 saturated carbocycles. The number of allylic oxidation sites excluding steroid dienone is 5. The molecule has 0 aliphatic rings. The number of phenols is 1. The summed E-state index contributed by atoms with van der Waals surface area (Å²) in [5, 5.41) is 13.2. The largest absolute Gasteiger partial charge is 0.504 e. The Balaban J connectivity index is 0. The van der Waals surface area contributed by atoms with E-state index in [0.29, 0.717) is 36.8 Å². The minimum Gasteiger partial charge on any atom is -0.504 e. The lowest BCUT2D eigenvalue weighted by Gasteiger charge is -2.24. The number of amides is 1. The molecule has 0 bridgehead atoms. The first kappa shape index (κ1) is 42.0. The smallest absolute Gasteiger partial charge is 0.241 e. The van der Waals surface area contributed by atoms with Crippen molar-refractivity contribution >= 4 is 11.6 Å². The summed E-state index contributed by atoms with van der Waals surface area (Å²) in [6, 6.07) is 13.9. The maximum atomic E-state index is 13.4. The molecule has 2 aromatic carbocycles. The van der Waals surface area contributed by atoms with Gasteiger partial charge in [-0.2, -0.15) is 0 Å². The molecular formula is C36H55FN4O3. The summed E-state index contributed by atoms with van der Waals surface area (Å²) in [5.74, 6) is 0.357. The Morgan fingerprint density at radius 3 is 2.18 bits per heavy atom. The number of phenolic OH excluding ortho intramolecular Hbond substituents is 1. The van der Waals surface area contributed by atoms with Crippen molar-refractivity contribution in [1.82, 2.24) is 14.9 Å². The number of rotatable bonds is 12. The van der Waals surface area contributed by atoms with Crippen LogP contribution in [-0.2, 0) is 17.9 Å². The van der Waals surface area contributed by atoms with Crippen LogP contribution < -0.4 is 15.0 Å². The molecule has 3 rings (SSSR count). The Labute approximate surface area is 265 Å². The molecule has 2 N–H and O–H groups in total.